The van der Waals surface area contributed by atoms with Crippen LogP contribution in [0, 0.1) is 0 Å². The molecule has 0 heterocycles. The van der Waals surface area contributed by atoms with Crippen LogP contribution in [0.4, 0.5) is 0 Å². The van der Waals surface area contributed by atoms with E-state index in [0.717, 1.165) is 23.6 Å². The maximum Gasteiger partial charge on any atom is 0.176 e. The Morgan fingerprint density at radius 3 is 2.21 bits per heavy atom. The number of rotatable bonds is 8. The normalized spacial score (nSPS) is 12.5. The summed E-state index contributed by atoms with van der Waals surface area (Å²) in [5, 5.41) is 3.34. The molecular formula is C14H23NO4. The van der Waals surface area contributed by atoms with Crippen molar-refractivity contribution in [3.63, 3.8) is 0 Å². The zero-order valence-electron chi connectivity index (χ0n) is 12.2. The van der Waals surface area contributed by atoms with Crippen molar-refractivity contribution in [2.45, 2.75) is 19.3 Å². The van der Waals surface area contributed by atoms with Crippen molar-refractivity contribution in [3.05, 3.63) is 23.8 Å². The minimum Gasteiger partial charge on any atom is -0.497 e. The van der Waals surface area contributed by atoms with Gasteiger partial charge >= 0.3 is 0 Å². The smallest absolute Gasteiger partial charge is 0.176 e. The highest BCUT2D eigenvalue weighted by Crippen LogP contribution is 2.32. The van der Waals surface area contributed by atoms with E-state index in [1.807, 2.05) is 25.1 Å². The first kappa shape index (κ1) is 15.8. The number of methoxy groups -OCH3 is 4. The third-order valence-electron chi connectivity index (χ3n) is 2.94. The SMILES string of the molecule is CCNC(c1ccc(OC)cc1OC)C(OC)OC. The monoisotopic (exact) mass is 269 g/mol. The van der Waals surface area contributed by atoms with E-state index in [2.05, 4.69) is 5.32 Å². The highest BCUT2D eigenvalue weighted by Gasteiger charge is 2.25. The number of benzene rings is 1. The van der Waals surface area contributed by atoms with E-state index in [-0.39, 0.29) is 12.3 Å². The van der Waals surface area contributed by atoms with Gasteiger partial charge < -0.3 is 24.3 Å². The molecule has 1 N–H and O–H groups in total. The Balaban J connectivity index is 3.13. The van der Waals surface area contributed by atoms with Crippen LogP contribution in [0.1, 0.15) is 18.5 Å². The van der Waals surface area contributed by atoms with Gasteiger partial charge in [-0.1, -0.05) is 6.92 Å². The third-order valence-corrected chi connectivity index (χ3v) is 2.94. The molecule has 1 aromatic rings. The quantitative estimate of drug-likeness (QED) is 0.731. The highest BCUT2D eigenvalue weighted by atomic mass is 16.7. The highest BCUT2D eigenvalue weighted by molar-refractivity contribution is 5.42. The van der Waals surface area contributed by atoms with Gasteiger partial charge in [-0.15, -0.1) is 0 Å². The Hall–Kier alpha value is -1.30. The van der Waals surface area contributed by atoms with E-state index >= 15 is 0 Å². The van der Waals surface area contributed by atoms with Crippen LogP contribution in [-0.2, 0) is 9.47 Å². The molecule has 0 amide bonds. The van der Waals surface area contributed by atoms with Crippen molar-refractivity contribution >= 4 is 0 Å². The molecule has 1 unspecified atom stereocenters. The van der Waals surface area contributed by atoms with E-state index < -0.39 is 0 Å². The molecule has 5 nitrogen and oxygen atoms in total. The van der Waals surface area contributed by atoms with Crippen LogP contribution >= 0.6 is 0 Å². The van der Waals surface area contributed by atoms with Gasteiger partial charge in [0.15, 0.2) is 6.29 Å². The molecule has 0 aliphatic carbocycles. The van der Waals surface area contributed by atoms with E-state index in [1.165, 1.54) is 0 Å². The third kappa shape index (κ3) is 3.83. The van der Waals surface area contributed by atoms with Crippen LogP contribution in [0.5, 0.6) is 11.5 Å². The molecule has 5 heteroatoms. The van der Waals surface area contributed by atoms with Crippen LogP contribution in [0.2, 0.25) is 0 Å². The predicted octanol–water partition coefficient (Wildman–Crippen LogP) is 1.97. The second-order valence-corrected chi connectivity index (χ2v) is 3.98. The fourth-order valence-corrected chi connectivity index (χ4v) is 2.02. The summed E-state index contributed by atoms with van der Waals surface area (Å²) in [6, 6.07) is 5.59. The number of hydrogen-bond acceptors (Lipinski definition) is 5. The Labute approximate surface area is 114 Å². The first-order valence-electron chi connectivity index (χ1n) is 6.22. The van der Waals surface area contributed by atoms with E-state index in [1.54, 1.807) is 28.4 Å². The lowest BCUT2D eigenvalue weighted by atomic mass is 10.0. The number of nitrogens with one attached hydrogen (secondary N) is 1. The van der Waals surface area contributed by atoms with Crippen molar-refractivity contribution in [3.8, 4) is 11.5 Å². The second-order valence-electron chi connectivity index (χ2n) is 3.98. The van der Waals surface area contributed by atoms with E-state index in [9.17, 15) is 0 Å². The lowest BCUT2D eigenvalue weighted by Gasteiger charge is -2.27. The van der Waals surface area contributed by atoms with Crippen molar-refractivity contribution in [1.82, 2.24) is 5.32 Å². The van der Waals surface area contributed by atoms with Gasteiger partial charge in [0.05, 0.1) is 20.3 Å². The van der Waals surface area contributed by atoms with Gasteiger partial charge in [0.1, 0.15) is 11.5 Å². The summed E-state index contributed by atoms with van der Waals surface area (Å²) < 4.78 is 21.3. The molecule has 0 radical (unpaired) electrons. The van der Waals surface area contributed by atoms with E-state index in [4.69, 9.17) is 18.9 Å². The minimum atomic E-state index is -0.387. The Morgan fingerprint density at radius 1 is 1.05 bits per heavy atom. The van der Waals surface area contributed by atoms with Crippen LogP contribution in [0.15, 0.2) is 18.2 Å². The van der Waals surface area contributed by atoms with Crippen molar-refractivity contribution < 1.29 is 18.9 Å². The van der Waals surface area contributed by atoms with Crippen molar-refractivity contribution in [2.75, 3.05) is 35.0 Å². The molecule has 0 saturated carbocycles. The minimum absolute atomic E-state index is 0.110. The number of hydrogen-bond donors (Lipinski definition) is 1. The second kappa shape index (κ2) is 7.99. The molecule has 19 heavy (non-hydrogen) atoms. The van der Waals surface area contributed by atoms with E-state index in [0.29, 0.717) is 0 Å². The molecule has 0 bridgehead atoms. The molecule has 0 aliphatic rings. The lowest BCUT2D eigenvalue weighted by molar-refractivity contribution is -0.124. The summed E-state index contributed by atoms with van der Waals surface area (Å²) in [5.74, 6) is 1.49. The molecule has 0 aliphatic heterocycles. The molecule has 0 spiro atoms. The molecule has 1 rings (SSSR count). The van der Waals surface area contributed by atoms with Crippen LogP contribution in [0.25, 0.3) is 0 Å². The van der Waals surface area contributed by atoms with Gasteiger partial charge in [0.2, 0.25) is 0 Å². The van der Waals surface area contributed by atoms with Crippen LogP contribution < -0.4 is 14.8 Å². The van der Waals surface area contributed by atoms with Crippen molar-refractivity contribution in [1.29, 1.82) is 0 Å². The number of likely N-dealkylation sites (N-methyl/N-ethyl adjacent to an activating group) is 1. The Kier molecular flexibility index (Phi) is 6.62. The maximum absolute atomic E-state index is 5.42. The summed E-state index contributed by atoms with van der Waals surface area (Å²) in [6.45, 7) is 2.83. The molecule has 108 valence electrons. The zero-order chi connectivity index (χ0) is 14.3. The van der Waals surface area contributed by atoms with Gasteiger partial charge in [0.25, 0.3) is 0 Å². The summed E-state index contributed by atoms with van der Waals surface area (Å²) >= 11 is 0. The predicted molar refractivity (Wildman–Crippen MR) is 73.8 cm³/mol. The zero-order valence-corrected chi connectivity index (χ0v) is 12.2. The summed E-state index contributed by atoms with van der Waals surface area (Å²) in [5.41, 5.74) is 0.971. The van der Waals surface area contributed by atoms with Gasteiger partial charge in [0, 0.05) is 25.8 Å². The lowest BCUT2D eigenvalue weighted by Crippen LogP contribution is -2.34. The molecule has 0 aromatic heterocycles. The summed E-state index contributed by atoms with van der Waals surface area (Å²) in [7, 11) is 6.50. The van der Waals surface area contributed by atoms with Crippen LogP contribution in [-0.4, -0.2) is 41.3 Å². The van der Waals surface area contributed by atoms with Gasteiger partial charge in [-0.25, -0.2) is 0 Å². The molecule has 1 aromatic carbocycles. The first-order chi connectivity index (χ1) is 9.21. The molecular weight excluding hydrogens is 246 g/mol. The largest absolute Gasteiger partial charge is 0.497 e. The van der Waals surface area contributed by atoms with Gasteiger partial charge in [-0.3, -0.25) is 0 Å². The van der Waals surface area contributed by atoms with Gasteiger partial charge in [-0.2, -0.15) is 0 Å². The maximum atomic E-state index is 5.42. The topological polar surface area (TPSA) is 49.0 Å². The molecule has 0 saturated heterocycles. The fourth-order valence-electron chi connectivity index (χ4n) is 2.02. The average Bonchev–Trinajstić information content (AvgIpc) is 2.46. The number of ether oxygens (including phenoxy) is 4. The molecule has 1 atom stereocenters. The first-order valence-corrected chi connectivity index (χ1v) is 6.22. The van der Waals surface area contributed by atoms with Gasteiger partial charge in [-0.05, 0) is 18.7 Å². The average molecular weight is 269 g/mol. The summed E-state index contributed by atoms with van der Waals surface area (Å²) in [6.07, 6.45) is -0.387. The fraction of sp³-hybridized carbons (Fsp3) is 0.571. The van der Waals surface area contributed by atoms with Crippen LogP contribution in [0.3, 0.4) is 0 Å². The molecule has 0 fully saturated rings. The summed E-state index contributed by atoms with van der Waals surface area (Å²) in [4.78, 5) is 0. The Bertz CT molecular complexity index is 380. The Morgan fingerprint density at radius 2 is 1.74 bits per heavy atom. The van der Waals surface area contributed by atoms with Crippen molar-refractivity contribution in [2.24, 2.45) is 0 Å². The standard InChI is InChI=1S/C14H23NO4/c1-6-15-13(14(18-4)19-5)11-8-7-10(16-2)9-12(11)17-3/h7-9,13-15H,6H2,1-5H3.